The average Bonchev–Trinajstić information content (AvgIpc) is 2.79. The van der Waals surface area contributed by atoms with Crippen molar-refractivity contribution in [3.05, 3.63) is 0 Å². The predicted molar refractivity (Wildman–Crippen MR) is 35.1 cm³/mol. The Balaban J connectivity index is 1.72. The van der Waals surface area contributed by atoms with Crippen molar-refractivity contribution in [2.45, 2.75) is 18.6 Å². The van der Waals surface area contributed by atoms with Gasteiger partial charge >= 0.3 is 5.97 Å². The number of ether oxygens (including phenoxy) is 3. The number of epoxide rings is 2. The van der Waals surface area contributed by atoms with Gasteiger partial charge in [0.2, 0.25) is 0 Å². The monoisotopic (exact) mass is 158 g/mol. The van der Waals surface area contributed by atoms with Crippen molar-refractivity contribution in [3.8, 4) is 0 Å². The molecule has 0 aliphatic carbocycles. The van der Waals surface area contributed by atoms with E-state index in [1.807, 2.05) is 0 Å². The first-order valence-electron chi connectivity index (χ1n) is 3.63. The lowest BCUT2D eigenvalue weighted by Gasteiger charge is -2.04. The van der Waals surface area contributed by atoms with E-state index in [4.69, 9.17) is 14.2 Å². The standard InChI is InChI=1S/C7H10O4/c1-7(4-11-7)6(8)10-3-5-2-9-5/h5H,2-4H2,1H3. The zero-order valence-corrected chi connectivity index (χ0v) is 6.33. The van der Waals surface area contributed by atoms with Gasteiger partial charge in [-0.3, -0.25) is 0 Å². The molecular weight excluding hydrogens is 148 g/mol. The smallest absolute Gasteiger partial charge is 0.340 e. The predicted octanol–water partition coefficient (Wildman–Crippen LogP) is -0.283. The van der Waals surface area contributed by atoms with E-state index in [-0.39, 0.29) is 12.1 Å². The van der Waals surface area contributed by atoms with Crippen LogP contribution in [0.1, 0.15) is 6.92 Å². The Morgan fingerprint density at radius 2 is 2.45 bits per heavy atom. The molecule has 0 aromatic heterocycles. The Kier molecular flexibility index (Phi) is 1.40. The molecule has 4 nitrogen and oxygen atoms in total. The molecule has 0 spiro atoms. The summed E-state index contributed by atoms with van der Waals surface area (Å²) in [5.74, 6) is -0.270. The van der Waals surface area contributed by atoms with Gasteiger partial charge in [0.1, 0.15) is 12.7 Å². The van der Waals surface area contributed by atoms with Crippen LogP contribution < -0.4 is 0 Å². The van der Waals surface area contributed by atoms with Gasteiger partial charge in [0.05, 0.1) is 13.2 Å². The third kappa shape index (κ3) is 1.52. The Hall–Kier alpha value is -0.610. The van der Waals surface area contributed by atoms with Gasteiger partial charge in [0.15, 0.2) is 5.60 Å². The van der Waals surface area contributed by atoms with Gasteiger partial charge in [0.25, 0.3) is 0 Å². The van der Waals surface area contributed by atoms with Crippen LogP contribution in [0.2, 0.25) is 0 Å². The lowest BCUT2D eigenvalue weighted by molar-refractivity contribution is -0.149. The third-order valence-corrected chi connectivity index (χ3v) is 1.81. The van der Waals surface area contributed by atoms with E-state index in [1.54, 1.807) is 6.92 Å². The van der Waals surface area contributed by atoms with Crippen LogP contribution in [0.3, 0.4) is 0 Å². The van der Waals surface area contributed by atoms with Gasteiger partial charge in [-0.05, 0) is 6.92 Å². The van der Waals surface area contributed by atoms with Crippen molar-refractivity contribution in [3.63, 3.8) is 0 Å². The molecule has 0 saturated carbocycles. The van der Waals surface area contributed by atoms with Gasteiger partial charge in [-0.15, -0.1) is 0 Å². The molecule has 0 radical (unpaired) electrons. The second-order valence-electron chi connectivity index (χ2n) is 3.07. The van der Waals surface area contributed by atoms with E-state index < -0.39 is 5.60 Å². The fraction of sp³-hybridized carbons (Fsp3) is 0.857. The second-order valence-corrected chi connectivity index (χ2v) is 3.07. The van der Waals surface area contributed by atoms with Crippen molar-refractivity contribution < 1.29 is 19.0 Å². The largest absolute Gasteiger partial charge is 0.461 e. The number of carbonyl (C=O) groups is 1. The molecule has 2 saturated heterocycles. The lowest BCUT2D eigenvalue weighted by Crippen LogP contribution is -2.24. The fourth-order valence-electron chi connectivity index (χ4n) is 0.712. The van der Waals surface area contributed by atoms with E-state index >= 15 is 0 Å². The molecule has 4 heteroatoms. The van der Waals surface area contributed by atoms with Crippen LogP contribution in [-0.4, -0.2) is 37.5 Å². The van der Waals surface area contributed by atoms with Gasteiger partial charge in [-0.25, -0.2) is 4.79 Å². The molecule has 0 aromatic carbocycles. The van der Waals surface area contributed by atoms with Crippen LogP contribution >= 0.6 is 0 Å². The first-order chi connectivity index (χ1) is 5.21. The van der Waals surface area contributed by atoms with Gasteiger partial charge in [0, 0.05) is 0 Å². The minimum Gasteiger partial charge on any atom is -0.461 e. The maximum absolute atomic E-state index is 11.1. The molecule has 2 rings (SSSR count). The summed E-state index contributed by atoms with van der Waals surface area (Å²) >= 11 is 0. The topological polar surface area (TPSA) is 51.4 Å². The molecule has 2 aliphatic heterocycles. The molecule has 11 heavy (non-hydrogen) atoms. The van der Waals surface area contributed by atoms with Gasteiger partial charge in [-0.1, -0.05) is 0 Å². The maximum Gasteiger partial charge on any atom is 0.340 e. The maximum atomic E-state index is 11.1. The van der Waals surface area contributed by atoms with Crippen LogP contribution in [0.4, 0.5) is 0 Å². The highest BCUT2D eigenvalue weighted by Gasteiger charge is 2.49. The Morgan fingerprint density at radius 3 is 2.91 bits per heavy atom. The van der Waals surface area contributed by atoms with E-state index in [0.717, 1.165) is 0 Å². The Morgan fingerprint density at radius 1 is 1.82 bits per heavy atom. The number of esters is 1. The minimum absolute atomic E-state index is 0.140. The summed E-state index contributed by atoms with van der Waals surface area (Å²) in [5, 5.41) is 0. The quantitative estimate of drug-likeness (QED) is 0.418. The highest BCUT2D eigenvalue weighted by molar-refractivity contribution is 5.81. The fourth-order valence-corrected chi connectivity index (χ4v) is 0.712. The van der Waals surface area contributed by atoms with E-state index in [2.05, 4.69) is 0 Å². The number of hydrogen-bond donors (Lipinski definition) is 0. The summed E-state index contributed by atoms with van der Waals surface area (Å²) in [7, 11) is 0. The lowest BCUT2D eigenvalue weighted by atomic mass is 10.2. The van der Waals surface area contributed by atoms with Crippen molar-refractivity contribution in [1.29, 1.82) is 0 Å². The summed E-state index contributed by atoms with van der Waals surface area (Å²) < 4.78 is 14.7. The third-order valence-electron chi connectivity index (χ3n) is 1.81. The molecular formula is C7H10O4. The van der Waals surface area contributed by atoms with Crippen LogP contribution in [-0.2, 0) is 19.0 Å². The van der Waals surface area contributed by atoms with Crippen molar-refractivity contribution in [2.75, 3.05) is 19.8 Å². The second kappa shape index (κ2) is 2.19. The van der Waals surface area contributed by atoms with Crippen molar-refractivity contribution in [2.24, 2.45) is 0 Å². The molecule has 2 atom stereocenters. The zero-order valence-electron chi connectivity index (χ0n) is 6.33. The van der Waals surface area contributed by atoms with Crippen LogP contribution in [0.15, 0.2) is 0 Å². The first-order valence-corrected chi connectivity index (χ1v) is 3.63. The minimum atomic E-state index is -0.644. The average molecular weight is 158 g/mol. The molecule has 62 valence electrons. The van der Waals surface area contributed by atoms with Crippen molar-refractivity contribution >= 4 is 5.97 Å². The molecule has 0 bridgehead atoms. The summed E-state index contributed by atoms with van der Waals surface area (Å²) in [6, 6.07) is 0. The van der Waals surface area contributed by atoms with E-state index in [1.165, 1.54) is 0 Å². The highest BCUT2D eigenvalue weighted by Crippen LogP contribution is 2.27. The SMILES string of the molecule is CC1(C(=O)OCC2CO2)CO1. The summed E-state index contributed by atoms with van der Waals surface area (Å²) in [6.45, 7) is 3.29. The van der Waals surface area contributed by atoms with Gasteiger partial charge in [-0.2, -0.15) is 0 Å². The van der Waals surface area contributed by atoms with Crippen LogP contribution in [0, 0.1) is 0 Å². The van der Waals surface area contributed by atoms with E-state index in [9.17, 15) is 4.79 Å². The summed E-state index contributed by atoms with van der Waals surface area (Å²) in [4.78, 5) is 11.1. The number of hydrogen-bond acceptors (Lipinski definition) is 4. The normalized spacial score (nSPS) is 39.9. The van der Waals surface area contributed by atoms with Crippen molar-refractivity contribution in [1.82, 2.24) is 0 Å². The number of carbonyl (C=O) groups excluding carboxylic acids is 1. The Bertz CT molecular complexity index is 181. The zero-order chi connectivity index (χ0) is 7.90. The summed E-state index contributed by atoms with van der Waals surface area (Å²) in [5.41, 5.74) is -0.644. The molecule has 0 N–H and O–H groups in total. The molecule has 0 amide bonds. The first kappa shape index (κ1) is 7.06. The summed E-state index contributed by atoms with van der Waals surface area (Å²) in [6.07, 6.45) is 0.140. The molecule has 0 aromatic rings. The molecule has 2 fully saturated rings. The highest BCUT2D eigenvalue weighted by atomic mass is 16.7. The molecule has 2 aliphatic rings. The molecule has 2 heterocycles. The van der Waals surface area contributed by atoms with Gasteiger partial charge < -0.3 is 14.2 Å². The number of rotatable bonds is 3. The Labute approximate surface area is 64.4 Å². The van der Waals surface area contributed by atoms with Crippen LogP contribution in [0.5, 0.6) is 0 Å². The molecule has 2 unspecified atom stereocenters. The van der Waals surface area contributed by atoms with Crippen LogP contribution in [0.25, 0.3) is 0 Å². The van der Waals surface area contributed by atoms with E-state index in [0.29, 0.717) is 19.8 Å².